The predicted molar refractivity (Wildman–Crippen MR) is 169 cm³/mol. The largest absolute Gasteiger partial charge is 0.350 e. The van der Waals surface area contributed by atoms with Gasteiger partial charge in [-0.25, -0.2) is 8.42 Å². The first kappa shape index (κ1) is 32.3. The van der Waals surface area contributed by atoms with Crippen LogP contribution in [0, 0.1) is 6.92 Å². The number of nitrogens with one attached hydrogen (secondary N) is 1. The summed E-state index contributed by atoms with van der Waals surface area (Å²) in [7, 11) is -3.56. The van der Waals surface area contributed by atoms with E-state index in [9.17, 15) is 18.0 Å². The maximum absolute atomic E-state index is 13.9. The molecule has 3 aromatic carbocycles. The topological polar surface area (TPSA) is 86.8 Å². The Morgan fingerprint density at radius 3 is 2.10 bits per heavy atom. The van der Waals surface area contributed by atoms with Gasteiger partial charge in [-0.2, -0.15) is 0 Å². The highest BCUT2D eigenvalue weighted by Gasteiger charge is 2.32. The Bertz CT molecular complexity index is 1420. The number of hydrogen-bond donors (Lipinski definition) is 1. The minimum absolute atomic E-state index is 0.0858. The van der Waals surface area contributed by atoms with E-state index in [0.717, 1.165) is 21.2 Å². The number of carbonyl (C=O) groups excluding carboxylic acids is 2. The highest BCUT2D eigenvalue weighted by molar-refractivity contribution is 9.10. The first-order chi connectivity index (χ1) is 19.2. The Labute approximate surface area is 253 Å². The molecule has 0 bridgehead atoms. The summed E-state index contributed by atoms with van der Waals surface area (Å²) in [6.07, 6.45) is 1.91. The molecule has 0 radical (unpaired) electrons. The molecule has 0 fully saturated rings. The molecule has 1 atom stereocenters. The summed E-state index contributed by atoms with van der Waals surface area (Å²) in [5.74, 6) is -0.444. The number of carbonyl (C=O) groups is 2. The smallest absolute Gasteiger partial charge is 0.243 e. The van der Waals surface area contributed by atoms with Gasteiger partial charge in [0.2, 0.25) is 21.8 Å². The van der Waals surface area contributed by atoms with Gasteiger partial charge in [-0.15, -0.1) is 0 Å². The number of para-hydroxylation sites is 1. The standard InChI is InChI=1S/C32H40BrN3O4S/c1-24-12-9-10-15-28(24)36(41(5,39)40)21-11-16-30(37)35(23-26-17-19-27(33)20-18-26)29(31(38)34-32(2,3)4)22-25-13-7-6-8-14-25/h6-10,12-15,17-20,29H,11,16,21-23H2,1-5H3,(H,34,38)/t29-/m1/s1. The first-order valence-corrected chi connectivity index (χ1v) is 16.3. The van der Waals surface area contributed by atoms with Gasteiger partial charge in [0.25, 0.3) is 0 Å². The van der Waals surface area contributed by atoms with E-state index in [4.69, 9.17) is 0 Å². The summed E-state index contributed by atoms with van der Waals surface area (Å²) in [6.45, 7) is 8.00. The number of sulfonamides is 1. The molecule has 0 saturated carbocycles. The summed E-state index contributed by atoms with van der Waals surface area (Å²) >= 11 is 3.46. The molecule has 0 saturated heterocycles. The van der Waals surface area contributed by atoms with Crippen LogP contribution in [0.2, 0.25) is 0 Å². The third kappa shape index (κ3) is 10.0. The average molecular weight is 643 g/mol. The second-order valence-electron chi connectivity index (χ2n) is 11.3. The van der Waals surface area contributed by atoms with Crippen molar-refractivity contribution >= 4 is 43.5 Å². The molecule has 0 spiro atoms. The van der Waals surface area contributed by atoms with Crippen molar-refractivity contribution < 1.29 is 18.0 Å². The van der Waals surface area contributed by atoms with E-state index >= 15 is 0 Å². The lowest BCUT2D eigenvalue weighted by molar-refractivity contribution is -0.142. The van der Waals surface area contributed by atoms with Crippen LogP contribution in [0.3, 0.4) is 0 Å². The van der Waals surface area contributed by atoms with Crippen LogP contribution >= 0.6 is 15.9 Å². The zero-order chi connectivity index (χ0) is 30.2. The van der Waals surface area contributed by atoms with Crippen LogP contribution in [-0.2, 0) is 32.6 Å². The Hall–Kier alpha value is -3.17. The molecular weight excluding hydrogens is 602 g/mol. The van der Waals surface area contributed by atoms with Crippen molar-refractivity contribution in [2.24, 2.45) is 0 Å². The lowest BCUT2D eigenvalue weighted by atomic mass is 10.00. The van der Waals surface area contributed by atoms with Crippen LogP contribution in [0.1, 0.15) is 50.3 Å². The van der Waals surface area contributed by atoms with Crippen LogP contribution in [-0.4, -0.2) is 49.5 Å². The van der Waals surface area contributed by atoms with E-state index in [-0.39, 0.29) is 31.3 Å². The molecule has 9 heteroatoms. The number of amides is 2. The molecule has 3 aromatic rings. The SMILES string of the molecule is Cc1ccccc1N(CCCC(=O)N(Cc1ccc(Br)cc1)[C@H](Cc1ccccc1)C(=O)NC(C)(C)C)S(C)(=O)=O. The van der Waals surface area contributed by atoms with E-state index in [0.29, 0.717) is 18.5 Å². The van der Waals surface area contributed by atoms with E-state index in [1.807, 2.05) is 94.4 Å². The Morgan fingerprint density at radius 2 is 1.51 bits per heavy atom. The molecular formula is C32H40BrN3O4S. The Balaban J connectivity index is 1.90. The van der Waals surface area contributed by atoms with E-state index < -0.39 is 21.6 Å². The van der Waals surface area contributed by atoms with Gasteiger partial charge in [-0.05, 0) is 69.0 Å². The summed E-state index contributed by atoms with van der Waals surface area (Å²) in [5, 5.41) is 3.06. The molecule has 0 unspecified atom stereocenters. The summed E-state index contributed by atoms with van der Waals surface area (Å²) < 4.78 is 27.6. The van der Waals surface area contributed by atoms with Gasteiger partial charge in [-0.1, -0.05) is 76.6 Å². The Kier molecular flexibility index (Phi) is 11.2. The minimum Gasteiger partial charge on any atom is -0.350 e. The van der Waals surface area contributed by atoms with Crippen LogP contribution < -0.4 is 9.62 Å². The number of rotatable bonds is 12. The maximum atomic E-state index is 13.9. The number of nitrogens with zero attached hydrogens (tertiary/aromatic N) is 2. The fraction of sp³-hybridized carbons (Fsp3) is 0.375. The monoisotopic (exact) mass is 641 g/mol. The molecule has 0 aliphatic carbocycles. The molecule has 7 nitrogen and oxygen atoms in total. The molecule has 0 aromatic heterocycles. The van der Waals surface area contributed by atoms with Gasteiger partial charge in [0.05, 0.1) is 11.9 Å². The van der Waals surface area contributed by atoms with Crippen molar-refractivity contribution in [1.29, 1.82) is 0 Å². The number of hydrogen-bond acceptors (Lipinski definition) is 4. The van der Waals surface area contributed by atoms with Crippen LogP contribution in [0.4, 0.5) is 5.69 Å². The van der Waals surface area contributed by atoms with Gasteiger partial charge >= 0.3 is 0 Å². The van der Waals surface area contributed by atoms with Crippen molar-refractivity contribution in [3.63, 3.8) is 0 Å². The van der Waals surface area contributed by atoms with Gasteiger partial charge in [0.1, 0.15) is 6.04 Å². The van der Waals surface area contributed by atoms with Gasteiger partial charge in [0.15, 0.2) is 0 Å². The normalized spacial score (nSPS) is 12.4. The van der Waals surface area contributed by atoms with Crippen LogP contribution in [0.15, 0.2) is 83.3 Å². The molecule has 3 rings (SSSR count). The van der Waals surface area contributed by atoms with Crippen molar-refractivity contribution in [3.05, 3.63) is 100 Å². The second kappa shape index (κ2) is 14.1. The number of anilines is 1. The predicted octanol–water partition coefficient (Wildman–Crippen LogP) is 5.86. The average Bonchev–Trinajstić information content (AvgIpc) is 2.89. The number of aryl methyl sites for hydroxylation is 1. The molecule has 0 heterocycles. The van der Waals surface area contributed by atoms with Crippen molar-refractivity contribution in [1.82, 2.24) is 10.2 Å². The number of halogens is 1. The minimum atomic E-state index is -3.56. The van der Waals surface area contributed by atoms with Crippen molar-refractivity contribution in [2.75, 3.05) is 17.1 Å². The van der Waals surface area contributed by atoms with Crippen molar-refractivity contribution in [3.8, 4) is 0 Å². The molecule has 2 amide bonds. The van der Waals surface area contributed by atoms with Crippen molar-refractivity contribution in [2.45, 2.75) is 65.1 Å². The summed E-state index contributed by atoms with van der Waals surface area (Å²) in [4.78, 5) is 29.2. The van der Waals surface area contributed by atoms with Gasteiger partial charge in [0, 0.05) is 35.9 Å². The molecule has 1 N–H and O–H groups in total. The van der Waals surface area contributed by atoms with Crippen LogP contribution in [0.5, 0.6) is 0 Å². The maximum Gasteiger partial charge on any atom is 0.243 e. The molecule has 220 valence electrons. The van der Waals surface area contributed by atoms with Gasteiger partial charge < -0.3 is 10.2 Å². The Morgan fingerprint density at radius 1 is 0.902 bits per heavy atom. The summed E-state index contributed by atoms with van der Waals surface area (Å²) in [6, 6.07) is 23.9. The fourth-order valence-electron chi connectivity index (χ4n) is 4.62. The van der Waals surface area contributed by atoms with E-state index in [1.165, 1.54) is 10.6 Å². The van der Waals surface area contributed by atoms with E-state index in [2.05, 4.69) is 21.2 Å². The zero-order valence-electron chi connectivity index (χ0n) is 24.4. The molecule has 0 aliphatic heterocycles. The molecule has 41 heavy (non-hydrogen) atoms. The third-order valence-corrected chi connectivity index (χ3v) is 8.28. The third-order valence-electron chi connectivity index (χ3n) is 6.57. The second-order valence-corrected chi connectivity index (χ2v) is 14.1. The first-order valence-electron chi connectivity index (χ1n) is 13.7. The zero-order valence-corrected chi connectivity index (χ0v) is 26.8. The highest BCUT2D eigenvalue weighted by Crippen LogP contribution is 2.24. The lowest BCUT2D eigenvalue weighted by Crippen LogP contribution is -2.54. The number of benzene rings is 3. The lowest BCUT2D eigenvalue weighted by Gasteiger charge is -2.34. The quantitative estimate of drug-likeness (QED) is 0.268. The molecule has 0 aliphatic rings. The van der Waals surface area contributed by atoms with E-state index in [1.54, 1.807) is 17.0 Å². The highest BCUT2D eigenvalue weighted by atomic mass is 79.9. The van der Waals surface area contributed by atoms with Gasteiger partial charge in [-0.3, -0.25) is 13.9 Å². The summed E-state index contributed by atoms with van der Waals surface area (Å²) in [5.41, 5.74) is 2.78. The fourth-order valence-corrected chi connectivity index (χ4v) is 5.91. The van der Waals surface area contributed by atoms with Crippen LogP contribution in [0.25, 0.3) is 0 Å².